The number of hydrogen-bond acceptors (Lipinski definition) is 3. The molecular formula is C23H48N2O2. The van der Waals surface area contributed by atoms with Crippen molar-refractivity contribution < 1.29 is 9.90 Å². The summed E-state index contributed by atoms with van der Waals surface area (Å²) >= 11 is 0. The lowest BCUT2D eigenvalue weighted by Gasteiger charge is -2.09. The molecule has 0 fully saturated rings. The van der Waals surface area contributed by atoms with Gasteiger partial charge in [0.15, 0.2) is 5.66 Å². The third-order valence-electron chi connectivity index (χ3n) is 4.72. The summed E-state index contributed by atoms with van der Waals surface area (Å²) in [4.78, 5) is 9.77. The Morgan fingerprint density at radius 3 is 1.26 bits per heavy atom. The predicted molar refractivity (Wildman–Crippen MR) is 119 cm³/mol. The van der Waals surface area contributed by atoms with Crippen LogP contribution in [0.3, 0.4) is 0 Å². The molecule has 0 heterocycles. The summed E-state index contributed by atoms with van der Waals surface area (Å²) in [6, 6.07) is 0. The van der Waals surface area contributed by atoms with Crippen LogP contribution in [0.4, 0.5) is 0 Å². The van der Waals surface area contributed by atoms with Crippen LogP contribution in [0.2, 0.25) is 0 Å². The first kappa shape index (κ1) is 28.3. The van der Waals surface area contributed by atoms with E-state index in [-0.39, 0.29) is 0 Å². The lowest BCUT2D eigenvalue weighted by molar-refractivity contribution is -0.142. The molecule has 0 amide bonds. The number of carboxylic acid groups (broad SMARTS) is 1. The van der Waals surface area contributed by atoms with Crippen molar-refractivity contribution in [2.75, 3.05) is 0 Å². The van der Waals surface area contributed by atoms with Gasteiger partial charge in [-0.15, -0.1) is 6.58 Å². The van der Waals surface area contributed by atoms with E-state index < -0.39 is 11.6 Å². The SMILES string of the molecule is C=CCCCCCCCCCCCCCCCCCC.CC(N)(N)C(=O)O. The molecule has 0 aliphatic heterocycles. The summed E-state index contributed by atoms with van der Waals surface area (Å²) < 4.78 is 0. The molecule has 162 valence electrons. The van der Waals surface area contributed by atoms with E-state index in [1.165, 1.54) is 116 Å². The second-order valence-corrected chi connectivity index (χ2v) is 7.97. The van der Waals surface area contributed by atoms with E-state index in [9.17, 15) is 4.79 Å². The molecule has 4 heteroatoms. The van der Waals surface area contributed by atoms with Gasteiger partial charge in [-0.3, -0.25) is 0 Å². The van der Waals surface area contributed by atoms with Gasteiger partial charge in [0.05, 0.1) is 0 Å². The molecule has 0 bridgehead atoms. The zero-order chi connectivity index (χ0) is 20.8. The highest BCUT2D eigenvalue weighted by Gasteiger charge is 2.20. The van der Waals surface area contributed by atoms with Gasteiger partial charge in [0.25, 0.3) is 0 Å². The van der Waals surface area contributed by atoms with Crippen LogP contribution in [0, 0.1) is 0 Å². The molecule has 0 aromatic rings. The van der Waals surface area contributed by atoms with Gasteiger partial charge in [0.1, 0.15) is 0 Å². The molecule has 5 N–H and O–H groups in total. The van der Waals surface area contributed by atoms with Crippen molar-refractivity contribution >= 4 is 5.97 Å². The summed E-state index contributed by atoms with van der Waals surface area (Å²) in [6.45, 7) is 7.28. The van der Waals surface area contributed by atoms with Crippen molar-refractivity contribution in [3.63, 3.8) is 0 Å². The number of aliphatic carboxylic acids is 1. The zero-order valence-corrected chi connectivity index (χ0v) is 18.3. The van der Waals surface area contributed by atoms with Gasteiger partial charge in [-0.1, -0.05) is 109 Å². The van der Waals surface area contributed by atoms with E-state index in [0.717, 1.165) is 0 Å². The Balaban J connectivity index is 0. The van der Waals surface area contributed by atoms with Crippen LogP contribution >= 0.6 is 0 Å². The highest BCUT2D eigenvalue weighted by Crippen LogP contribution is 2.13. The van der Waals surface area contributed by atoms with Crippen LogP contribution in [0.15, 0.2) is 12.7 Å². The summed E-state index contributed by atoms with van der Waals surface area (Å²) in [7, 11) is 0. The lowest BCUT2D eigenvalue weighted by Crippen LogP contribution is -2.53. The molecule has 0 saturated heterocycles. The first-order valence-corrected chi connectivity index (χ1v) is 11.3. The first-order valence-electron chi connectivity index (χ1n) is 11.3. The summed E-state index contributed by atoms with van der Waals surface area (Å²) in [6.07, 6.45) is 26.4. The minimum absolute atomic E-state index is 1.20. The van der Waals surface area contributed by atoms with Gasteiger partial charge in [0, 0.05) is 0 Å². The van der Waals surface area contributed by atoms with Crippen LogP contribution in [0.5, 0.6) is 0 Å². The molecule has 0 unspecified atom stereocenters. The normalized spacial score (nSPS) is 11.0. The van der Waals surface area contributed by atoms with Gasteiger partial charge in [-0.2, -0.15) is 0 Å². The maximum atomic E-state index is 9.77. The zero-order valence-electron chi connectivity index (χ0n) is 18.3. The minimum atomic E-state index is -1.58. The summed E-state index contributed by atoms with van der Waals surface area (Å²) in [5.74, 6) is -1.20. The van der Waals surface area contributed by atoms with Crippen molar-refractivity contribution in [3.8, 4) is 0 Å². The number of allylic oxidation sites excluding steroid dienone is 1. The molecule has 0 atom stereocenters. The van der Waals surface area contributed by atoms with Gasteiger partial charge in [-0.05, 0) is 19.8 Å². The Kier molecular flexibility index (Phi) is 22.5. The number of hydrogen-bond donors (Lipinski definition) is 3. The van der Waals surface area contributed by atoms with Crippen LogP contribution in [0.1, 0.15) is 123 Å². The van der Waals surface area contributed by atoms with Gasteiger partial charge >= 0.3 is 5.97 Å². The van der Waals surface area contributed by atoms with E-state index in [1.54, 1.807) is 0 Å². The van der Waals surface area contributed by atoms with Crippen LogP contribution in [0.25, 0.3) is 0 Å². The Bertz CT molecular complexity index is 325. The standard InChI is InChI=1S/C20H40.C3H8N2O2/c1-3-5-7-9-11-13-15-17-19-20-18-16-14-12-10-8-6-4-2;1-3(4,5)2(6)7/h3H,1,4-20H2,2H3;4-5H2,1H3,(H,6,7). The lowest BCUT2D eigenvalue weighted by atomic mass is 10.0. The van der Waals surface area contributed by atoms with E-state index in [0.29, 0.717) is 0 Å². The highest BCUT2D eigenvalue weighted by atomic mass is 16.4. The van der Waals surface area contributed by atoms with Crippen molar-refractivity contribution in [1.29, 1.82) is 0 Å². The van der Waals surface area contributed by atoms with E-state index >= 15 is 0 Å². The third kappa shape index (κ3) is 27.5. The smallest absolute Gasteiger partial charge is 0.338 e. The summed E-state index contributed by atoms with van der Waals surface area (Å²) in [5.41, 5.74) is 8.13. The van der Waals surface area contributed by atoms with E-state index in [4.69, 9.17) is 16.6 Å². The first-order chi connectivity index (χ1) is 12.9. The van der Waals surface area contributed by atoms with Crippen LogP contribution in [-0.4, -0.2) is 16.7 Å². The monoisotopic (exact) mass is 384 g/mol. The fourth-order valence-electron chi connectivity index (χ4n) is 2.84. The molecule has 0 radical (unpaired) electrons. The van der Waals surface area contributed by atoms with Crippen molar-refractivity contribution in [2.45, 2.75) is 129 Å². The molecular weight excluding hydrogens is 336 g/mol. The maximum absolute atomic E-state index is 9.77. The number of unbranched alkanes of at least 4 members (excludes halogenated alkanes) is 16. The van der Waals surface area contributed by atoms with Crippen LogP contribution < -0.4 is 11.5 Å². The molecule has 0 rings (SSSR count). The Hall–Kier alpha value is -0.870. The molecule has 27 heavy (non-hydrogen) atoms. The Labute approximate surface area is 169 Å². The topological polar surface area (TPSA) is 89.3 Å². The minimum Gasteiger partial charge on any atom is -0.479 e. The maximum Gasteiger partial charge on any atom is 0.338 e. The number of carbonyl (C=O) groups is 1. The van der Waals surface area contributed by atoms with Gasteiger partial charge in [0.2, 0.25) is 0 Å². The largest absolute Gasteiger partial charge is 0.479 e. The number of rotatable bonds is 18. The molecule has 0 aliphatic carbocycles. The second-order valence-electron chi connectivity index (χ2n) is 7.97. The average Bonchev–Trinajstić information content (AvgIpc) is 2.61. The van der Waals surface area contributed by atoms with Crippen molar-refractivity contribution in [2.24, 2.45) is 11.5 Å². The quantitative estimate of drug-likeness (QED) is 0.142. The molecule has 0 aromatic carbocycles. The highest BCUT2D eigenvalue weighted by molar-refractivity contribution is 5.76. The fourth-order valence-corrected chi connectivity index (χ4v) is 2.84. The molecule has 0 aliphatic rings. The van der Waals surface area contributed by atoms with E-state index in [1.807, 2.05) is 6.08 Å². The Morgan fingerprint density at radius 2 is 1.04 bits per heavy atom. The van der Waals surface area contributed by atoms with Crippen molar-refractivity contribution in [1.82, 2.24) is 0 Å². The molecule has 0 aromatic heterocycles. The van der Waals surface area contributed by atoms with E-state index in [2.05, 4.69) is 13.5 Å². The second kappa shape index (κ2) is 21.4. The molecule has 0 saturated carbocycles. The van der Waals surface area contributed by atoms with Crippen molar-refractivity contribution in [3.05, 3.63) is 12.7 Å². The number of carboxylic acids is 1. The average molecular weight is 385 g/mol. The molecule has 0 spiro atoms. The number of nitrogens with two attached hydrogens (primary N) is 2. The van der Waals surface area contributed by atoms with Crippen LogP contribution in [-0.2, 0) is 4.79 Å². The predicted octanol–water partition coefficient (Wildman–Crippen LogP) is 6.53. The summed E-state index contributed by atoms with van der Waals surface area (Å²) in [5, 5.41) is 8.00. The Morgan fingerprint density at radius 1 is 0.778 bits per heavy atom. The molecule has 4 nitrogen and oxygen atoms in total. The van der Waals surface area contributed by atoms with Gasteiger partial charge in [-0.25, -0.2) is 4.79 Å². The fraction of sp³-hybridized carbons (Fsp3) is 0.870. The van der Waals surface area contributed by atoms with Gasteiger partial charge < -0.3 is 16.6 Å². The third-order valence-corrected chi connectivity index (χ3v) is 4.72.